The first-order valence-corrected chi connectivity index (χ1v) is 5.94. The Morgan fingerprint density at radius 2 is 2.15 bits per heavy atom. The van der Waals surface area contributed by atoms with Gasteiger partial charge in [-0.1, -0.05) is 0 Å². The van der Waals surface area contributed by atoms with Crippen molar-refractivity contribution in [1.82, 2.24) is 9.97 Å². The van der Waals surface area contributed by atoms with E-state index in [4.69, 9.17) is 0 Å². The summed E-state index contributed by atoms with van der Waals surface area (Å²) in [6.07, 6.45) is 4.09. The minimum Gasteiger partial charge on any atom is -0.381 e. The number of hydrogen-bond donors (Lipinski definition) is 1. The highest BCUT2D eigenvalue weighted by Crippen LogP contribution is 2.34. The molecule has 70 valence electrons. The van der Waals surface area contributed by atoms with Crippen LogP contribution >= 0.6 is 27.7 Å². The van der Waals surface area contributed by atoms with Crippen LogP contribution in [-0.2, 0) is 5.60 Å². The fraction of sp³-hybridized carbons (Fsp3) is 0.500. The molecule has 1 unspecified atom stereocenters. The van der Waals surface area contributed by atoms with Crippen LogP contribution in [0.25, 0.3) is 0 Å². The van der Waals surface area contributed by atoms with Gasteiger partial charge in [0.1, 0.15) is 5.60 Å². The molecule has 2 rings (SSSR count). The van der Waals surface area contributed by atoms with Gasteiger partial charge in [0.15, 0.2) is 5.82 Å². The van der Waals surface area contributed by atoms with E-state index in [1.54, 1.807) is 24.2 Å². The van der Waals surface area contributed by atoms with Gasteiger partial charge in [0.25, 0.3) is 0 Å². The van der Waals surface area contributed by atoms with E-state index >= 15 is 0 Å². The number of nitrogens with zero attached hydrogens (tertiary/aromatic N) is 2. The second-order valence-corrected chi connectivity index (χ2v) is 5.08. The lowest BCUT2D eigenvalue weighted by molar-refractivity contribution is 0.0560. The van der Waals surface area contributed by atoms with Crippen LogP contribution in [0.3, 0.4) is 0 Å². The SMILES string of the molecule is OC1(c2ncc(Br)cn2)CCSC1. The molecule has 1 atom stereocenters. The third-order valence-electron chi connectivity index (χ3n) is 2.04. The highest BCUT2D eigenvalue weighted by atomic mass is 79.9. The Morgan fingerprint density at radius 3 is 2.69 bits per heavy atom. The fourth-order valence-corrected chi connectivity index (χ4v) is 2.73. The first-order chi connectivity index (χ1) is 6.21. The molecule has 3 nitrogen and oxygen atoms in total. The fourth-order valence-electron chi connectivity index (χ4n) is 1.28. The molecule has 1 saturated heterocycles. The van der Waals surface area contributed by atoms with Crippen molar-refractivity contribution >= 4 is 27.7 Å². The van der Waals surface area contributed by atoms with E-state index in [9.17, 15) is 5.11 Å². The molecule has 5 heteroatoms. The molecule has 0 saturated carbocycles. The number of aliphatic hydroxyl groups is 1. The number of thioether (sulfide) groups is 1. The van der Waals surface area contributed by atoms with Crippen LogP contribution in [0, 0.1) is 0 Å². The Kier molecular flexibility index (Phi) is 2.58. The normalized spacial score (nSPS) is 27.8. The summed E-state index contributed by atoms with van der Waals surface area (Å²) in [5.74, 6) is 2.23. The van der Waals surface area contributed by atoms with Crippen molar-refractivity contribution in [3.05, 3.63) is 22.7 Å². The quantitative estimate of drug-likeness (QED) is 0.833. The third-order valence-corrected chi connectivity index (χ3v) is 3.62. The van der Waals surface area contributed by atoms with Gasteiger partial charge in [-0.2, -0.15) is 11.8 Å². The number of rotatable bonds is 1. The average molecular weight is 261 g/mol. The molecule has 13 heavy (non-hydrogen) atoms. The average Bonchev–Trinajstić information content (AvgIpc) is 2.54. The largest absolute Gasteiger partial charge is 0.381 e. The molecule has 0 bridgehead atoms. The Balaban J connectivity index is 2.29. The Bertz CT molecular complexity index is 298. The molecule has 1 fully saturated rings. The van der Waals surface area contributed by atoms with Gasteiger partial charge in [0.05, 0.1) is 4.47 Å². The van der Waals surface area contributed by atoms with E-state index < -0.39 is 5.60 Å². The lowest BCUT2D eigenvalue weighted by Crippen LogP contribution is -2.27. The molecule has 1 N–H and O–H groups in total. The molecule has 1 aromatic heterocycles. The predicted octanol–water partition coefficient (Wildman–Crippen LogP) is 1.56. The maximum atomic E-state index is 10.1. The minimum absolute atomic E-state index is 0.542. The van der Waals surface area contributed by atoms with Crippen molar-refractivity contribution in [3.63, 3.8) is 0 Å². The lowest BCUT2D eigenvalue weighted by atomic mass is 10.0. The zero-order valence-electron chi connectivity index (χ0n) is 6.90. The van der Waals surface area contributed by atoms with Crippen molar-refractivity contribution in [2.45, 2.75) is 12.0 Å². The van der Waals surface area contributed by atoms with Crippen LogP contribution in [0.5, 0.6) is 0 Å². The molecule has 2 heterocycles. The maximum Gasteiger partial charge on any atom is 0.160 e. The van der Waals surface area contributed by atoms with Crippen molar-refractivity contribution in [1.29, 1.82) is 0 Å². The Labute approximate surface area is 89.1 Å². The van der Waals surface area contributed by atoms with Gasteiger partial charge in [-0.25, -0.2) is 9.97 Å². The number of aromatic nitrogens is 2. The minimum atomic E-state index is -0.800. The van der Waals surface area contributed by atoms with Gasteiger partial charge in [-0.15, -0.1) is 0 Å². The van der Waals surface area contributed by atoms with Crippen molar-refractivity contribution in [2.24, 2.45) is 0 Å². The van der Waals surface area contributed by atoms with Crippen molar-refractivity contribution < 1.29 is 5.11 Å². The summed E-state index contributed by atoms with van der Waals surface area (Å²) in [5, 5.41) is 10.1. The first kappa shape index (κ1) is 9.43. The second-order valence-electron chi connectivity index (χ2n) is 3.06. The van der Waals surface area contributed by atoms with Crippen LogP contribution in [0.2, 0.25) is 0 Å². The standard InChI is InChI=1S/C8H9BrN2OS/c9-6-3-10-7(11-4-6)8(12)1-2-13-5-8/h3-4,12H,1-2,5H2. The molecule has 0 amide bonds. The lowest BCUT2D eigenvalue weighted by Gasteiger charge is -2.18. The van der Waals surface area contributed by atoms with Crippen molar-refractivity contribution in [3.8, 4) is 0 Å². The Morgan fingerprint density at radius 1 is 1.46 bits per heavy atom. The zero-order chi connectivity index (χ0) is 9.31. The monoisotopic (exact) mass is 260 g/mol. The molecule has 1 aliphatic rings. The molecule has 0 aliphatic carbocycles. The molecule has 1 aromatic rings. The van der Waals surface area contributed by atoms with E-state index in [0.29, 0.717) is 11.6 Å². The van der Waals surface area contributed by atoms with Gasteiger partial charge < -0.3 is 5.11 Å². The van der Waals surface area contributed by atoms with Gasteiger partial charge >= 0.3 is 0 Å². The summed E-state index contributed by atoms with van der Waals surface area (Å²) in [6.45, 7) is 0. The smallest absolute Gasteiger partial charge is 0.160 e. The van der Waals surface area contributed by atoms with Crippen LogP contribution < -0.4 is 0 Å². The summed E-state index contributed by atoms with van der Waals surface area (Å²) < 4.78 is 0.838. The number of halogens is 1. The highest BCUT2D eigenvalue weighted by molar-refractivity contribution is 9.10. The second kappa shape index (κ2) is 3.55. The molecule has 0 radical (unpaired) electrons. The topological polar surface area (TPSA) is 46.0 Å². The van der Waals surface area contributed by atoms with Gasteiger partial charge in [-0.05, 0) is 28.1 Å². The summed E-state index contributed by atoms with van der Waals surface area (Å²) in [6, 6.07) is 0. The van der Waals surface area contributed by atoms with E-state index in [1.165, 1.54) is 0 Å². The van der Waals surface area contributed by atoms with Gasteiger partial charge in [0.2, 0.25) is 0 Å². The first-order valence-electron chi connectivity index (χ1n) is 3.99. The zero-order valence-corrected chi connectivity index (χ0v) is 9.31. The summed E-state index contributed by atoms with van der Waals surface area (Å²) >= 11 is 5.00. The van der Waals surface area contributed by atoms with Crippen LogP contribution in [0.4, 0.5) is 0 Å². The molecular weight excluding hydrogens is 252 g/mol. The van der Waals surface area contributed by atoms with Crippen LogP contribution in [0.1, 0.15) is 12.2 Å². The van der Waals surface area contributed by atoms with E-state index in [-0.39, 0.29) is 0 Å². The number of hydrogen-bond acceptors (Lipinski definition) is 4. The van der Waals surface area contributed by atoms with E-state index in [2.05, 4.69) is 25.9 Å². The van der Waals surface area contributed by atoms with Gasteiger partial charge in [-0.3, -0.25) is 0 Å². The van der Waals surface area contributed by atoms with Crippen LogP contribution in [0.15, 0.2) is 16.9 Å². The van der Waals surface area contributed by atoms with Crippen molar-refractivity contribution in [2.75, 3.05) is 11.5 Å². The van der Waals surface area contributed by atoms with E-state index in [0.717, 1.165) is 16.6 Å². The maximum absolute atomic E-state index is 10.1. The summed E-state index contributed by atoms with van der Waals surface area (Å²) in [5.41, 5.74) is -0.800. The summed E-state index contributed by atoms with van der Waals surface area (Å²) in [7, 11) is 0. The molecule has 1 aliphatic heterocycles. The third kappa shape index (κ3) is 1.87. The van der Waals surface area contributed by atoms with E-state index in [1.807, 2.05) is 0 Å². The highest BCUT2D eigenvalue weighted by Gasteiger charge is 2.36. The summed E-state index contributed by atoms with van der Waals surface area (Å²) in [4.78, 5) is 8.22. The Hall–Kier alpha value is -0.130. The molecular formula is C8H9BrN2OS. The predicted molar refractivity (Wildman–Crippen MR) is 55.6 cm³/mol. The molecule has 0 aromatic carbocycles. The molecule has 0 spiro atoms. The van der Waals surface area contributed by atoms with Gasteiger partial charge in [0, 0.05) is 18.1 Å². The van der Waals surface area contributed by atoms with Crippen LogP contribution in [-0.4, -0.2) is 26.6 Å².